The summed E-state index contributed by atoms with van der Waals surface area (Å²) < 4.78 is 5.49. The van der Waals surface area contributed by atoms with Gasteiger partial charge < -0.3 is 15.4 Å². The number of rotatable bonds is 8. The van der Waals surface area contributed by atoms with E-state index in [9.17, 15) is 0 Å². The zero-order chi connectivity index (χ0) is 12.2. The van der Waals surface area contributed by atoms with Gasteiger partial charge in [-0.05, 0) is 26.2 Å². The smallest absolute Gasteiger partial charge is 0.191 e. The predicted molar refractivity (Wildman–Crippen MR) is 69.9 cm³/mol. The number of nitrogens with one attached hydrogen (secondary N) is 2. The number of guanidine groups is 1. The van der Waals surface area contributed by atoms with Gasteiger partial charge in [0.25, 0.3) is 0 Å². The molecule has 0 atom stereocenters. The van der Waals surface area contributed by atoms with Crippen LogP contribution in [0.25, 0.3) is 0 Å². The molecule has 16 heavy (non-hydrogen) atoms. The molecule has 0 aromatic rings. The molecule has 2 N–H and O–H groups in total. The van der Waals surface area contributed by atoms with Crippen LogP contribution in [0.3, 0.4) is 0 Å². The largest absolute Gasteiger partial charge is 0.380 e. The Balaban J connectivity index is 3.53. The van der Waals surface area contributed by atoms with Gasteiger partial charge in [-0.3, -0.25) is 4.99 Å². The third-order valence-electron chi connectivity index (χ3n) is 2.03. The lowest BCUT2D eigenvalue weighted by atomic mass is 10.1. The van der Waals surface area contributed by atoms with E-state index in [1.807, 2.05) is 0 Å². The zero-order valence-electron chi connectivity index (χ0n) is 11.2. The molecule has 4 heteroatoms. The van der Waals surface area contributed by atoms with E-state index in [0.717, 1.165) is 32.1 Å². The van der Waals surface area contributed by atoms with Crippen molar-refractivity contribution < 1.29 is 4.74 Å². The fourth-order valence-electron chi connectivity index (χ4n) is 1.15. The van der Waals surface area contributed by atoms with Crippen LogP contribution in [0.4, 0.5) is 0 Å². The number of nitrogens with zero attached hydrogens (tertiary/aromatic N) is 1. The minimum Gasteiger partial charge on any atom is -0.380 e. The summed E-state index contributed by atoms with van der Waals surface area (Å²) in [5.41, 5.74) is 0. The van der Waals surface area contributed by atoms with Gasteiger partial charge in [-0.15, -0.1) is 0 Å². The Hall–Kier alpha value is -0.770. The molecular weight excluding hydrogens is 202 g/mol. The molecule has 96 valence electrons. The Bertz CT molecular complexity index is 173. The highest BCUT2D eigenvalue weighted by Crippen LogP contribution is 1.98. The Kier molecular flexibility index (Phi) is 10.2. The molecule has 0 heterocycles. The second kappa shape index (κ2) is 10.7. The lowest BCUT2D eigenvalue weighted by Crippen LogP contribution is -2.37. The second-order valence-electron chi connectivity index (χ2n) is 4.09. The van der Waals surface area contributed by atoms with E-state index in [1.54, 1.807) is 0 Å². The van der Waals surface area contributed by atoms with Gasteiger partial charge in [0.15, 0.2) is 5.96 Å². The fraction of sp³-hybridized carbons (Fsp3) is 0.917. The van der Waals surface area contributed by atoms with Gasteiger partial charge in [-0.1, -0.05) is 13.8 Å². The van der Waals surface area contributed by atoms with Crippen LogP contribution in [0.15, 0.2) is 4.99 Å². The van der Waals surface area contributed by atoms with Crippen molar-refractivity contribution in [2.24, 2.45) is 10.9 Å². The van der Waals surface area contributed by atoms with Crippen molar-refractivity contribution in [1.29, 1.82) is 0 Å². The number of aliphatic imine (C=N–C) groups is 1. The second-order valence-corrected chi connectivity index (χ2v) is 4.09. The highest BCUT2D eigenvalue weighted by atomic mass is 16.5. The monoisotopic (exact) mass is 229 g/mol. The maximum absolute atomic E-state index is 5.49. The van der Waals surface area contributed by atoms with Crippen LogP contribution < -0.4 is 10.6 Å². The maximum Gasteiger partial charge on any atom is 0.191 e. The van der Waals surface area contributed by atoms with Crippen LogP contribution in [-0.4, -0.2) is 38.8 Å². The molecule has 0 radical (unpaired) electrons. The number of ether oxygens (including phenoxy) is 1. The topological polar surface area (TPSA) is 45.7 Å². The molecule has 0 spiro atoms. The van der Waals surface area contributed by atoms with Crippen LogP contribution in [0.2, 0.25) is 0 Å². The van der Waals surface area contributed by atoms with Gasteiger partial charge in [0.1, 0.15) is 0 Å². The molecule has 0 aliphatic carbocycles. The average Bonchev–Trinajstić information content (AvgIpc) is 2.23. The van der Waals surface area contributed by atoms with Gasteiger partial charge in [-0.2, -0.15) is 0 Å². The third-order valence-corrected chi connectivity index (χ3v) is 2.03. The molecular formula is C12H27N3O. The quantitative estimate of drug-likeness (QED) is 0.378. The van der Waals surface area contributed by atoms with Gasteiger partial charge in [0.05, 0.1) is 13.2 Å². The van der Waals surface area contributed by atoms with Crippen molar-refractivity contribution >= 4 is 5.96 Å². The molecule has 0 aliphatic heterocycles. The number of hydrogen-bond donors (Lipinski definition) is 2. The van der Waals surface area contributed by atoms with Crippen molar-refractivity contribution in [3.63, 3.8) is 0 Å². The molecule has 0 amide bonds. The highest BCUT2D eigenvalue weighted by molar-refractivity contribution is 5.79. The number of hydrogen-bond acceptors (Lipinski definition) is 2. The summed E-state index contributed by atoms with van der Waals surface area (Å²) in [6, 6.07) is 0. The Labute approximate surface area is 99.9 Å². The molecule has 0 aromatic carbocycles. The molecule has 0 aliphatic rings. The first-order valence-corrected chi connectivity index (χ1v) is 6.30. The minimum atomic E-state index is 0.701. The summed E-state index contributed by atoms with van der Waals surface area (Å²) in [6.45, 7) is 12.6. The van der Waals surface area contributed by atoms with Crippen molar-refractivity contribution in [2.75, 3.05) is 32.8 Å². The van der Waals surface area contributed by atoms with E-state index in [0.29, 0.717) is 19.1 Å². The Morgan fingerprint density at radius 3 is 2.25 bits per heavy atom. The highest BCUT2D eigenvalue weighted by Gasteiger charge is 1.95. The third kappa shape index (κ3) is 9.77. The van der Waals surface area contributed by atoms with Crippen LogP contribution >= 0.6 is 0 Å². The zero-order valence-corrected chi connectivity index (χ0v) is 11.2. The summed E-state index contributed by atoms with van der Waals surface area (Å²) in [4.78, 5) is 4.39. The van der Waals surface area contributed by atoms with Crippen molar-refractivity contribution in [1.82, 2.24) is 10.6 Å². The maximum atomic E-state index is 5.49. The van der Waals surface area contributed by atoms with Crippen molar-refractivity contribution in [2.45, 2.75) is 34.1 Å². The summed E-state index contributed by atoms with van der Waals surface area (Å²) in [6.07, 6.45) is 1.12. The fourth-order valence-corrected chi connectivity index (χ4v) is 1.15. The normalized spacial score (nSPS) is 10.3. The SMILES string of the molecule is CCNC(=NCCOCCC(C)C)NCC. The molecule has 0 unspecified atom stereocenters. The molecule has 0 rings (SSSR count). The molecule has 0 aromatic heterocycles. The molecule has 4 nitrogen and oxygen atoms in total. The first-order chi connectivity index (χ1) is 7.70. The van der Waals surface area contributed by atoms with Crippen LogP contribution in [-0.2, 0) is 4.74 Å². The molecule has 0 bridgehead atoms. The van der Waals surface area contributed by atoms with E-state index in [2.05, 4.69) is 43.3 Å². The lowest BCUT2D eigenvalue weighted by molar-refractivity contribution is 0.130. The van der Waals surface area contributed by atoms with Gasteiger partial charge in [-0.25, -0.2) is 0 Å². The average molecular weight is 229 g/mol. The van der Waals surface area contributed by atoms with Gasteiger partial charge >= 0.3 is 0 Å². The van der Waals surface area contributed by atoms with E-state index in [4.69, 9.17) is 4.74 Å². The van der Waals surface area contributed by atoms with E-state index in [1.165, 1.54) is 0 Å². The van der Waals surface area contributed by atoms with Gasteiger partial charge in [0, 0.05) is 19.7 Å². The van der Waals surface area contributed by atoms with Gasteiger partial charge in [0.2, 0.25) is 0 Å². The first kappa shape index (κ1) is 15.2. The molecule has 0 saturated heterocycles. The van der Waals surface area contributed by atoms with Crippen LogP contribution in [0.5, 0.6) is 0 Å². The van der Waals surface area contributed by atoms with Crippen molar-refractivity contribution in [3.05, 3.63) is 0 Å². The van der Waals surface area contributed by atoms with E-state index < -0.39 is 0 Å². The minimum absolute atomic E-state index is 0.701. The molecule has 0 fully saturated rings. The standard InChI is InChI=1S/C12H27N3O/c1-5-13-12(14-6-2)15-8-10-16-9-7-11(3)4/h11H,5-10H2,1-4H3,(H2,13,14,15). The Morgan fingerprint density at radius 1 is 1.12 bits per heavy atom. The van der Waals surface area contributed by atoms with E-state index in [-0.39, 0.29) is 0 Å². The summed E-state index contributed by atoms with van der Waals surface area (Å²) in [7, 11) is 0. The summed E-state index contributed by atoms with van der Waals surface area (Å²) >= 11 is 0. The van der Waals surface area contributed by atoms with Crippen molar-refractivity contribution in [3.8, 4) is 0 Å². The van der Waals surface area contributed by atoms with Crippen LogP contribution in [0, 0.1) is 5.92 Å². The predicted octanol–water partition coefficient (Wildman–Crippen LogP) is 1.62. The first-order valence-electron chi connectivity index (χ1n) is 6.30. The Morgan fingerprint density at radius 2 is 1.75 bits per heavy atom. The summed E-state index contributed by atoms with van der Waals surface area (Å²) in [5, 5.41) is 6.35. The van der Waals surface area contributed by atoms with E-state index >= 15 is 0 Å². The molecule has 0 saturated carbocycles. The summed E-state index contributed by atoms with van der Waals surface area (Å²) in [5.74, 6) is 1.58. The lowest BCUT2D eigenvalue weighted by Gasteiger charge is -2.09. The van der Waals surface area contributed by atoms with Crippen LogP contribution in [0.1, 0.15) is 34.1 Å².